The molecule has 0 saturated carbocycles. The second kappa shape index (κ2) is 6.78. The number of ether oxygens (including phenoxy) is 1. The predicted octanol–water partition coefficient (Wildman–Crippen LogP) is 2.09. The van der Waals surface area contributed by atoms with E-state index in [9.17, 15) is 0 Å². The molecule has 16 heavy (non-hydrogen) atoms. The van der Waals surface area contributed by atoms with Crippen LogP contribution < -0.4 is 10.6 Å². The van der Waals surface area contributed by atoms with Gasteiger partial charge in [-0.3, -0.25) is 0 Å². The van der Waals surface area contributed by atoms with Crippen LogP contribution in [0.3, 0.4) is 0 Å². The largest absolute Gasteiger partial charge is 0.383 e. The van der Waals surface area contributed by atoms with Crippen molar-refractivity contribution in [3.63, 3.8) is 0 Å². The quantitative estimate of drug-likeness (QED) is 0.659. The zero-order valence-electron chi connectivity index (χ0n) is 9.21. The summed E-state index contributed by atoms with van der Waals surface area (Å²) >= 11 is 8.47. The lowest BCUT2D eigenvalue weighted by Gasteiger charge is -2.11. The Balaban J connectivity index is 2.49. The fourth-order valence-electron chi connectivity index (χ4n) is 1.09. The molecule has 0 unspecified atom stereocenters. The average molecular weight is 304 g/mol. The second-order valence-corrected chi connectivity index (χ2v) is 4.52. The molecule has 2 N–H and O–H groups in total. The molecule has 1 aromatic heterocycles. The number of halogens is 1. The summed E-state index contributed by atoms with van der Waals surface area (Å²) in [7, 11) is 1.65. The maximum absolute atomic E-state index is 5.11. The Morgan fingerprint density at radius 2 is 2.38 bits per heavy atom. The van der Waals surface area contributed by atoms with Crippen LogP contribution in [0.25, 0.3) is 0 Å². The number of nitrogens with zero attached hydrogens (tertiary/aromatic N) is 1. The number of nitrogens with one attached hydrogen (secondary N) is 2. The van der Waals surface area contributed by atoms with Gasteiger partial charge in [0.15, 0.2) is 5.11 Å². The van der Waals surface area contributed by atoms with E-state index in [4.69, 9.17) is 17.0 Å². The maximum Gasteiger partial charge on any atom is 0.172 e. The molecule has 0 fully saturated rings. The molecule has 88 valence electrons. The molecule has 6 heteroatoms. The summed E-state index contributed by atoms with van der Waals surface area (Å²) in [6.45, 7) is 3.27. The van der Waals surface area contributed by atoms with Crippen LogP contribution in [0.4, 0.5) is 5.82 Å². The Kier molecular flexibility index (Phi) is 5.65. The van der Waals surface area contributed by atoms with Crippen molar-refractivity contribution in [1.82, 2.24) is 10.3 Å². The lowest BCUT2D eigenvalue weighted by molar-refractivity contribution is 0.204. The van der Waals surface area contributed by atoms with Gasteiger partial charge in [-0.1, -0.05) is 0 Å². The van der Waals surface area contributed by atoms with Gasteiger partial charge in [0.05, 0.1) is 6.61 Å². The first-order valence-corrected chi connectivity index (χ1v) is 5.99. The summed E-state index contributed by atoms with van der Waals surface area (Å²) in [4.78, 5) is 4.23. The first-order valence-electron chi connectivity index (χ1n) is 4.79. The Hall–Kier alpha value is -0.720. The number of pyridine rings is 1. The van der Waals surface area contributed by atoms with Crippen LogP contribution in [-0.4, -0.2) is 30.4 Å². The number of methoxy groups -OCH3 is 1. The highest BCUT2D eigenvalue weighted by Gasteiger charge is 2.02. The van der Waals surface area contributed by atoms with Crippen LogP contribution in [0.1, 0.15) is 5.56 Å². The van der Waals surface area contributed by atoms with E-state index in [0.717, 1.165) is 15.9 Å². The van der Waals surface area contributed by atoms with Gasteiger partial charge >= 0.3 is 0 Å². The maximum atomic E-state index is 5.11. The number of anilines is 1. The molecule has 1 aromatic rings. The van der Waals surface area contributed by atoms with Crippen molar-refractivity contribution in [1.29, 1.82) is 0 Å². The Morgan fingerprint density at radius 1 is 1.62 bits per heavy atom. The molecule has 0 aliphatic carbocycles. The number of aromatic nitrogens is 1. The minimum atomic E-state index is 0.551. The standard InChI is InChI=1S/C10H14BrN3OS/c1-7-5-8(11)6-13-9(7)14-10(16)12-3-4-15-2/h5-6H,3-4H2,1-2H3,(H2,12,13,14,16). The van der Waals surface area contributed by atoms with Crippen LogP contribution in [-0.2, 0) is 4.74 Å². The Morgan fingerprint density at radius 3 is 3.00 bits per heavy atom. The van der Waals surface area contributed by atoms with Crippen molar-refractivity contribution >= 4 is 39.1 Å². The highest BCUT2D eigenvalue weighted by atomic mass is 79.9. The van der Waals surface area contributed by atoms with E-state index >= 15 is 0 Å². The summed E-state index contributed by atoms with van der Waals surface area (Å²) in [6.07, 6.45) is 1.73. The number of thiocarbonyl (C=S) groups is 1. The third-order valence-electron chi connectivity index (χ3n) is 1.87. The summed E-state index contributed by atoms with van der Waals surface area (Å²) in [5, 5.41) is 6.60. The number of rotatable bonds is 4. The van der Waals surface area contributed by atoms with E-state index in [0.29, 0.717) is 18.3 Å². The van der Waals surface area contributed by atoms with Crippen LogP contribution >= 0.6 is 28.1 Å². The SMILES string of the molecule is COCCNC(=S)Nc1ncc(Br)cc1C. The van der Waals surface area contributed by atoms with E-state index in [-0.39, 0.29) is 0 Å². The summed E-state index contributed by atoms with van der Waals surface area (Å²) < 4.78 is 5.86. The lowest BCUT2D eigenvalue weighted by atomic mass is 10.3. The molecule has 0 bridgehead atoms. The monoisotopic (exact) mass is 303 g/mol. The Bertz CT molecular complexity index is 373. The molecule has 0 aromatic carbocycles. The van der Waals surface area contributed by atoms with E-state index in [1.807, 2.05) is 13.0 Å². The fourth-order valence-corrected chi connectivity index (χ4v) is 1.73. The smallest absolute Gasteiger partial charge is 0.172 e. The van der Waals surface area contributed by atoms with Gasteiger partial charge in [-0.2, -0.15) is 0 Å². The van der Waals surface area contributed by atoms with E-state index in [1.54, 1.807) is 13.3 Å². The molecule has 0 amide bonds. The fraction of sp³-hybridized carbons (Fsp3) is 0.400. The minimum absolute atomic E-state index is 0.551. The molecule has 1 heterocycles. The molecule has 0 radical (unpaired) electrons. The van der Waals surface area contributed by atoms with Crippen molar-refractivity contribution < 1.29 is 4.74 Å². The topological polar surface area (TPSA) is 46.2 Å². The van der Waals surface area contributed by atoms with Crippen molar-refractivity contribution in [3.8, 4) is 0 Å². The van der Waals surface area contributed by atoms with Gasteiger partial charge in [-0.05, 0) is 46.7 Å². The third-order valence-corrected chi connectivity index (χ3v) is 2.55. The first-order chi connectivity index (χ1) is 7.63. The molecule has 0 atom stereocenters. The van der Waals surface area contributed by atoms with Gasteiger partial charge in [0.2, 0.25) is 0 Å². The third kappa shape index (κ3) is 4.42. The number of hydrogen-bond donors (Lipinski definition) is 2. The van der Waals surface area contributed by atoms with Gasteiger partial charge in [0.1, 0.15) is 5.82 Å². The summed E-state index contributed by atoms with van der Waals surface area (Å²) in [5.41, 5.74) is 1.03. The zero-order chi connectivity index (χ0) is 12.0. The molecule has 0 spiro atoms. The highest BCUT2D eigenvalue weighted by Crippen LogP contribution is 2.16. The van der Waals surface area contributed by atoms with Crippen LogP contribution in [0.2, 0.25) is 0 Å². The lowest BCUT2D eigenvalue weighted by Crippen LogP contribution is -2.31. The second-order valence-electron chi connectivity index (χ2n) is 3.19. The van der Waals surface area contributed by atoms with Gasteiger partial charge in [0.25, 0.3) is 0 Å². The predicted molar refractivity (Wildman–Crippen MR) is 72.8 cm³/mol. The van der Waals surface area contributed by atoms with Gasteiger partial charge in [-0.15, -0.1) is 0 Å². The van der Waals surface area contributed by atoms with Gasteiger partial charge in [0, 0.05) is 24.3 Å². The zero-order valence-corrected chi connectivity index (χ0v) is 11.6. The summed E-state index contributed by atoms with van der Waals surface area (Å²) in [6, 6.07) is 1.98. The first kappa shape index (κ1) is 13.3. The number of hydrogen-bond acceptors (Lipinski definition) is 3. The van der Waals surface area contributed by atoms with E-state index in [1.165, 1.54) is 0 Å². The van der Waals surface area contributed by atoms with Gasteiger partial charge < -0.3 is 15.4 Å². The summed E-state index contributed by atoms with van der Waals surface area (Å²) in [5.74, 6) is 0.762. The molecule has 0 aliphatic heterocycles. The van der Waals surface area contributed by atoms with Crippen molar-refractivity contribution in [2.75, 3.05) is 25.6 Å². The van der Waals surface area contributed by atoms with Crippen LogP contribution in [0.5, 0.6) is 0 Å². The molecular formula is C10H14BrN3OS. The molecular weight excluding hydrogens is 290 g/mol. The van der Waals surface area contributed by atoms with E-state index < -0.39 is 0 Å². The highest BCUT2D eigenvalue weighted by molar-refractivity contribution is 9.10. The van der Waals surface area contributed by atoms with Gasteiger partial charge in [-0.25, -0.2) is 4.98 Å². The molecule has 0 aliphatic rings. The van der Waals surface area contributed by atoms with E-state index in [2.05, 4.69) is 31.5 Å². The normalized spacial score (nSPS) is 9.94. The number of aryl methyl sites for hydroxylation is 1. The van der Waals surface area contributed by atoms with Crippen LogP contribution in [0, 0.1) is 6.92 Å². The average Bonchev–Trinajstić information content (AvgIpc) is 2.23. The molecule has 0 saturated heterocycles. The van der Waals surface area contributed by atoms with Crippen molar-refractivity contribution in [3.05, 3.63) is 22.3 Å². The van der Waals surface area contributed by atoms with Crippen molar-refractivity contribution in [2.45, 2.75) is 6.92 Å². The van der Waals surface area contributed by atoms with Crippen molar-refractivity contribution in [2.24, 2.45) is 0 Å². The molecule has 1 rings (SSSR count). The minimum Gasteiger partial charge on any atom is -0.383 e. The molecule has 4 nitrogen and oxygen atoms in total. The Labute approximate surface area is 109 Å². The van der Waals surface area contributed by atoms with Crippen LogP contribution in [0.15, 0.2) is 16.7 Å².